The van der Waals surface area contributed by atoms with Gasteiger partial charge in [-0.15, -0.1) is 11.3 Å². The summed E-state index contributed by atoms with van der Waals surface area (Å²) in [6.07, 6.45) is 1.84. The van der Waals surface area contributed by atoms with Crippen molar-refractivity contribution in [2.75, 3.05) is 30.9 Å². The minimum absolute atomic E-state index is 0.0503. The Morgan fingerprint density at radius 3 is 2.62 bits per heavy atom. The van der Waals surface area contributed by atoms with E-state index in [-0.39, 0.29) is 37.1 Å². The zero-order valence-corrected chi connectivity index (χ0v) is 19.3. The molecule has 8 nitrogen and oxygen atoms in total. The summed E-state index contributed by atoms with van der Waals surface area (Å²) in [7, 11) is 1.52. The quantitative estimate of drug-likeness (QED) is 0.514. The molecule has 1 amide bonds. The second-order valence-corrected chi connectivity index (χ2v) is 8.71. The van der Waals surface area contributed by atoms with Gasteiger partial charge < -0.3 is 10.5 Å². The van der Waals surface area contributed by atoms with Gasteiger partial charge in [0.15, 0.2) is 5.69 Å². The number of aryl methyl sites for hydroxylation is 2. The number of aromatic nitrogens is 2. The Morgan fingerprint density at radius 2 is 1.97 bits per heavy atom. The van der Waals surface area contributed by atoms with E-state index in [1.807, 2.05) is 43.3 Å². The van der Waals surface area contributed by atoms with Gasteiger partial charge in [0, 0.05) is 18.5 Å². The zero-order chi connectivity index (χ0) is 23.3. The van der Waals surface area contributed by atoms with Crippen molar-refractivity contribution in [3.63, 3.8) is 0 Å². The molecule has 0 saturated heterocycles. The number of anilines is 2. The first kappa shape index (κ1) is 23.5. The summed E-state index contributed by atoms with van der Waals surface area (Å²) in [5.41, 5.74) is 6.89. The van der Waals surface area contributed by atoms with Crippen LogP contribution in [0.4, 0.5) is 11.5 Å². The predicted octanol–water partition coefficient (Wildman–Crippen LogP) is 2.78. The van der Waals surface area contributed by atoms with Crippen LogP contribution in [-0.4, -0.2) is 35.7 Å². The number of carbonyl (C=O) groups excluding carboxylic acids is 1. The number of benzene rings is 1. The number of nitrogens with zero attached hydrogens (tertiary/aromatic N) is 2. The highest BCUT2D eigenvalue weighted by molar-refractivity contribution is 7.14. The van der Waals surface area contributed by atoms with Crippen molar-refractivity contribution in [1.82, 2.24) is 9.55 Å². The van der Waals surface area contributed by atoms with Crippen LogP contribution in [0.3, 0.4) is 0 Å². The molecule has 0 aliphatic heterocycles. The Kier molecular flexibility index (Phi) is 7.66. The maximum Gasteiger partial charge on any atom is 0.330 e. The molecule has 0 aliphatic rings. The Balaban J connectivity index is 2.08. The molecule has 32 heavy (non-hydrogen) atoms. The molecule has 0 saturated carbocycles. The van der Waals surface area contributed by atoms with Crippen molar-refractivity contribution in [2.45, 2.75) is 33.2 Å². The van der Waals surface area contributed by atoms with E-state index in [1.165, 1.54) is 27.9 Å². The van der Waals surface area contributed by atoms with Gasteiger partial charge >= 0.3 is 5.69 Å². The van der Waals surface area contributed by atoms with Gasteiger partial charge in [-0.1, -0.05) is 43.7 Å². The van der Waals surface area contributed by atoms with Crippen LogP contribution < -0.4 is 21.9 Å². The summed E-state index contributed by atoms with van der Waals surface area (Å²) in [6.45, 7) is 4.55. The maximum atomic E-state index is 13.5. The SMILES string of the molecule is CCCc1cc(C(=O)N(CCOC)c2c(N)n(Cc3ccccc3)c(=O)[nH]c2=O)sc1C. The lowest BCUT2D eigenvalue weighted by molar-refractivity contribution is 0.0979. The number of aromatic amines is 1. The smallest absolute Gasteiger partial charge is 0.330 e. The van der Waals surface area contributed by atoms with Gasteiger partial charge in [0.25, 0.3) is 11.5 Å². The predicted molar refractivity (Wildman–Crippen MR) is 128 cm³/mol. The van der Waals surface area contributed by atoms with Crippen LogP contribution in [0.2, 0.25) is 0 Å². The Morgan fingerprint density at radius 1 is 1.25 bits per heavy atom. The molecule has 3 rings (SSSR count). The molecule has 170 valence electrons. The Bertz CT molecular complexity index is 1200. The molecular weight excluding hydrogens is 428 g/mol. The number of rotatable bonds is 9. The molecule has 0 radical (unpaired) electrons. The summed E-state index contributed by atoms with van der Waals surface area (Å²) >= 11 is 1.39. The third-order valence-electron chi connectivity index (χ3n) is 5.18. The number of nitrogens with one attached hydrogen (secondary N) is 1. The van der Waals surface area contributed by atoms with Crippen molar-refractivity contribution in [3.8, 4) is 0 Å². The molecule has 0 spiro atoms. The van der Waals surface area contributed by atoms with Crippen molar-refractivity contribution < 1.29 is 9.53 Å². The number of amides is 1. The minimum Gasteiger partial charge on any atom is -0.383 e. The lowest BCUT2D eigenvalue weighted by atomic mass is 10.1. The monoisotopic (exact) mass is 456 g/mol. The van der Waals surface area contributed by atoms with E-state index in [0.717, 1.165) is 28.8 Å². The van der Waals surface area contributed by atoms with E-state index < -0.39 is 11.2 Å². The van der Waals surface area contributed by atoms with Crippen LogP contribution in [0.5, 0.6) is 0 Å². The molecule has 3 N–H and O–H groups in total. The summed E-state index contributed by atoms with van der Waals surface area (Å²) in [5.74, 6) is -0.409. The number of hydrogen-bond donors (Lipinski definition) is 2. The molecule has 0 unspecified atom stereocenters. The highest BCUT2D eigenvalue weighted by Crippen LogP contribution is 2.27. The standard InChI is InChI=1S/C23H28N4O4S/c1-4-8-17-13-18(32-15(17)2)22(29)26(11-12-31-3)19-20(24)27(23(30)25-21(19)28)14-16-9-6-5-7-10-16/h5-7,9-10,13H,4,8,11-12,14,24H2,1-3H3,(H,25,28,30). The first-order valence-corrected chi connectivity index (χ1v) is 11.3. The summed E-state index contributed by atoms with van der Waals surface area (Å²) in [6, 6.07) is 11.2. The Labute approximate surface area is 190 Å². The van der Waals surface area contributed by atoms with Crippen molar-refractivity contribution >= 4 is 28.7 Å². The van der Waals surface area contributed by atoms with Crippen molar-refractivity contribution in [2.24, 2.45) is 0 Å². The van der Waals surface area contributed by atoms with Gasteiger partial charge in [0.2, 0.25) is 0 Å². The molecule has 2 heterocycles. The highest BCUT2D eigenvalue weighted by Gasteiger charge is 2.26. The normalized spacial score (nSPS) is 11.0. The van der Waals surface area contributed by atoms with Crippen LogP contribution in [0.1, 0.15) is 39.0 Å². The third-order valence-corrected chi connectivity index (χ3v) is 6.26. The lowest BCUT2D eigenvalue weighted by Crippen LogP contribution is -2.42. The highest BCUT2D eigenvalue weighted by atomic mass is 32.1. The molecular formula is C23H28N4O4S. The zero-order valence-electron chi connectivity index (χ0n) is 18.5. The molecule has 0 bridgehead atoms. The number of H-pyrrole nitrogens is 1. The van der Waals surface area contributed by atoms with Crippen LogP contribution in [0, 0.1) is 6.92 Å². The number of thiophene rings is 1. The minimum atomic E-state index is -0.705. The molecule has 9 heteroatoms. The molecule has 0 atom stereocenters. The van der Waals surface area contributed by atoms with Crippen LogP contribution in [0.15, 0.2) is 46.0 Å². The number of nitrogen functional groups attached to an aromatic ring is 1. The number of carbonyl (C=O) groups is 1. The van der Waals surface area contributed by atoms with Gasteiger partial charge in [0.1, 0.15) is 5.82 Å². The fourth-order valence-corrected chi connectivity index (χ4v) is 4.56. The fourth-order valence-electron chi connectivity index (χ4n) is 3.53. The Hall–Kier alpha value is -3.17. The first-order valence-electron chi connectivity index (χ1n) is 10.4. The second-order valence-electron chi connectivity index (χ2n) is 7.46. The molecule has 0 fully saturated rings. The lowest BCUT2D eigenvalue weighted by Gasteiger charge is -2.24. The topological polar surface area (TPSA) is 110 Å². The van der Waals surface area contributed by atoms with E-state index >= 15 is 0 Å². The van der Waals surface area contributed by atoms with Gasteiger partial charge in [-0.05, 0) is 30.5 Å². The van der Waals surface area contributed by atoms with E-state index in [2.05, 4.69) is 11.9 Å². The van der Waals surface area contributed by atoms with Gasteiger partial charge in [0.05, 0.1) is 18.0 Å². The van der Waals surface area contributed by atoms with Crippen molar-refractivity contribution in [1.29, 1.82) is 0 Å². The molecule has 0 aliphatic carbocycles. The number of methoxy groups -OCH3 is 1. The number of ether oxygens (including phenoxy) is 1. The fraction of sp³-hybridized carbons (Fsp3) is 0.348. The molecule has 1 aromatic carbocycles. The van der Waals surface area contributed by atoms with E-state index in [4.69, 9.17) is 10.5 Å². The van der Waals surface area contributed by atoms with E-state index in [1.54, 1.807) is 0 Å². The van der Waals surface area contributed by atoms with E-state index in [0.29, 0.717) is 4.88 Å². The number of nitrogens with two attached hydrogens (primary N) is 1. The summed E-state index contributed by atoms with van der Waals surface area (Å²) in [5, 5.41) is 0. The molecule has 3 aromatic rings. The first-order chi connectivity index (χ1) is 15.4. The summed E-state index contributed by atoms with van der Waals surface area (Å²) < 4.78 is 6.43. The third kappa shape index (κ3) is 5.00. The second kappa shape index (κ2) is 10.4. The van der Waals surface area contributed by atoms with Gasteiger partial charge in [-0.25, -0.2) is 4.79 Å². The van der Waals surface area contributed by atoms with Crippen LogP contribution >= 0.6 is 11.3 Å². The van der Waals surface area contributed by atoms with Crippen molar-refractivity contribution in [3.05, 3.63) is 78.1 Å². The maximum absolute atomic E-state index is 13.5. The van der Waals surface area contributed by atoms with Crippen LogP contribution in [0.25, 0.3) is 0 Å². The van der Waals surface area contributed by atoms with Crippen LogP contribution in [-0.2, 0) is 17.7 Å². The van der Waals surface area contributed by atoms with Gasteiger partial charge in [-0.2, -0.15) is 0 Å². The largest absolute Gasteiger partial charge is 0.383 e. The van der Waals surface area contributed by atoms with Gasteiger partial charge in [-0.3, -0.25) is 24.0 Å². The average Bonchev–Trinajstić information content (AvgIpc) is 3.14. The average molecular weight is 457 g/mol. The number of hydrogen-bond acceptors (Lipinski definition) is 6. The summed E-state index contributed by atoms with van der Waals surface area (Å²) in [4.78, 5) is 44.0. The molecule has 2 aromatic heterocycles. The van der Waals surface area contributed by atoms with E-state index in [9.17, 15) is 14.4 Å².